The van der Waals surface area contributed by atoms with Gasteiger partial charge in [-0.3, -0.25) is 0 Å². The lowest BCUT2D eigenvalue weighted by Gasteiger charge is -1.99. The highest BCUT2D eigenvalue weighted by molar-refractivity contribution is 5.61. The van der Waals surface area contributed by atoms with Crippen LogP contribution in [0.3, 0.4) is 0 Å². The summed E-state index contributed by atoms with van der Waals surface area (Å²) in [6.45, 7) is 3.48. The molecule has 0 spiro atoms. The van der Waals surface area contributed by atoms with Crippen LogP contribution in [0.1, 0.15) is 11.1 Å². The highest BCUT2D eigenvalue weighted by Crippen LogP contribution is 2.26. The topological polar surface area (TPSA) is 59.2 Å². The summed E-state index contributed by atoms with van der Waals surface area (Å²) >= 11 is 0. The summed E-state index contributed by atoms with van der Waals surface area (Å²) in [6.07, 6.45) is 0. The number of phenolic OH excluding ortho intramolecular Hbond substituents is 1. The molecule has 0 aliphatic carbocycles. The molecule has 0 aliphatic rings. The van der Waals surface area contributed by atoms with Crippen LogP contribution in [-0.4, -0.2) is 15.2 Å². The Bertz CT molecular complexity index is 746. The van der Waals surface area contributed by atoms with E-state index >= 15 is 0 Å². The Morgan fingerprint density at radius 3 is 2.48 bits per heavy atom. The normalized spacial score (nSPS) is 10.8. The summed E-state index contributed by atoms with van der Waals surface area (Å²) < 4.78 is 18.8. The Kier molecular flexibility index (Phi) is 3.17. The quantitative estimate of drug-likeness (QED) is 0.776. The van der Waals surface area contributed by atoms with Gasteiger partial charge in [-0.25, -0.2) is 4.39 Å². The molecular weight excluding hydrogens is 271 g/mol. The molecule has 0 amide bonds. The molecule has 2 aromatic carbocycles. The zero-order chi connectivity index (χ0) is 15.0. The van der Waals surface area contributed by atoms with E-state index in [1.165, 1.54) is 6.07 Å². The number of aromatic nitrogens is 2. The summed E-state index contributed by atoms with van der Waals surface area (Å²) in [5, 5.41) is 13.4. The van der Waals surface area contributed by atoms with Gasteiger partial charge in [-0.15, -0.1) is 0 Å². The largest absolute Gasteiger partial charge is 0.508 e. The van der Waals surface area contributed by atoms with E-state index in [0.29, 0.717) is 34.0 Å². The lowest BCUT2D eigenvalue weighted by molar-refractivity contribution is 0.432. The van der Waals surface area contributed by atoms with Crippen LogP contribution in [-0.2, 0) is 0 Å². The molecule has 0 unspecified atom stereocenters. The number of aromatic hydroxyl groups is 1. The van der Waals surface area contributed by atoms with Crippen molar-refractivity contribution in [3.05, 3.63) is 53.3 Å². The van der Waals surface area contributed by atoms with Gasteiger partial charge in [0, 0.05) is 11.1 Å². The number of hydrogen-bond donors (Lipinski definition) is 1. The molecule has 5 heteroatoms. The van der Waals surface area contributed by atoms with Crippen LogP contribution in [0.25, 0.3) is 22.8 Å². The Balaban J connectivity index is 1.99. The third-order valence-electron chi connectivity index (χ3n) is 3.30. The maximum absolute atomic E-state index is 13.6. The van der Waals surface area contributed by atoms with Gasteiger partial charge in [0.2, 0.25) is 5.82 Å². The Hall–Kier alpha value is -2.69. The minimum absolute atomic E-state index is 0.207. The molecule has 0 radical (unpaired) electrons. The van der Waals surface area contributed by atoms with Gasteiger partial charge in [-0.05, 0) is 49.2 Å². The predicted octanol–water partition coefficient (Wildman–Crippen LogP) is 3.87. The Labute approximate surface area is 120 Å². The number of halogens is 1. The molecule has 0 saturated heterocycles. The second-order valence-electron chi connectivity index (χ2n) is 4.89. The summed E-state index contributed by atoms with van der Waals surface area (Å²) in [4.78, 5) is 4.27. The molecule has 0 bridgehead atoms. The maximum Gasteiger partial charge on any atom is 0.258 e. The molecule has 106 valence electrons. The van der Waals surface area contributed by atoms with E-state index in [2.05, 4.69) is 10.1 Å². The van der Waals surface area contributed by atoms with Crippen molar-refractivity contribution in [2.24, 2.45) is 0 Å². The standard InChI is InChI=1S/C16H13FN2O2/c1-9-3-4-11(8-13(9)17)15-18-16(21-19-15)12-5-6-14(20)10(2)7-12/h3-8,20H,1-2H3. The molecule has 0 aliphatic heterocycles. The van der Waals surface area contributed by atoms with Crippen molar-refractivity contribution in [3.63, 3.8) is 0 Å². The molecular formula is C16H13FN2O2. The van der Waals surface area contributed by atoms with Crippen molar-refractivity contribution in [3.8, 4) is 28.6 Å². The van der Waals surface area contributed by atoms with Gasteiger partial charge in [-0.2, -0.15) is 4.98 Å². The number of nitrogens with zero attached hydrogens (tertiary/aromatic N) is 2. The number of aryl methyl sites for hydroxylation is 2. The van der Waals surface area contributed by atoms with Gasteiger partial charge in [0.1, 0.15) is 11.6 Å². The van der Waals surface area contributed by atoms with E-state index in [9.17, 15) is 9.50 Å². The van der Waals surface area contributed by atoms with Crippen molar-refractivity contribution < 1.29 is 14.0 Å². The molecule has 3 rings (SSSR count). The lowest BCUT2D eigenvalue weighted by atomic mass is 10.1. The third-order valence-corrected chi connectivity index (χ3v) is 3.30. The van der Waals surface area contributed by atoms with Gasteiger partial charge < -0.3 is 9.63 Å². The second-order valence-corrected chi connectivity index (χ2v) is 4.89. The van der Waals surface area contributed by atoms with Crippen molar-refractivity contribution in [2.45, 2.75) is 13.8 Å². The fourth-order valence-electron chi connectivity index (χ4n) is 1.98. The van der Waals surface area contributed by atoms with Crippen molar-refractivity contribution in [1.29, 1.82) is 0 Å². The molecule has 1 heterocycles. The van der Waals surface area contributed by atoms with Gasteiger partial charge >= 0.3 is 0 Å². The third kappa shape index (κ3) is 2.50. The average Bonchev–Trinajstić information content (AvgIpc) is 2.94. The minimum Gasteiger partial charge on any atom is -0.508 e. The fraction of sp³-hybridized carbons (Fsp3) is 0.125. The predicted molar refractivity (Wildman–Crippen MR) is 76.3 cm³/mol. The van der Waals surface area contributed by atoms with Gasteiger partial charge in [0.15, 0.2) is 0 Å². The summed E-state index contributed by atoms with van der Waals surface area (Å²) in [6, 6.07) is 9.81. The highest BCUT2D eigenvalue weighted by atomic mass is 19.1. The van der Waals surface area contributed by atoms with Gasteiger partial charge in [-0.1, -0.05) is 17.3 Å². The monoisotopic (exact) mass is 284 g/mol. The first-order valence-electron chi connectivity index (χ1n) is 6.45. The number of hydrogen-bond acceptors (Lipinski definition) is 4. The fourth-order valence-corrected chi connectivity index (χ4v) is 1.98. The van der Waals surface area contributed by atoms with Crippen molar-refractivity contribution in [1.82, 2.24) is 10.1 Å². The van der Waals surface area contributed by atoms with E-state index in [-0.39, 0.29) is 11.6 Å². The van der Waals surface area contributed by atoms with Gasteiger partial charge in [0.25, 0.3) is 5.89 Å². The lowest BCUT2D eigenvalue weighted by Crippen LogP contribution is -1.86. The molecule has 1 N–H and O–H groups in total. The molecule has 0 saturated carbocycles. The first kappa shape index (κ1) is 13.3. The van der Waals surface area contributed by atoms with Crippen LogP contribution in [0.15, 0.2) is 40.9 Å². The molecule has 21 heavy (non-hydrogen) atoms. The van der Waals surface area contributed by atoms with E-state index in [4.69, 9.17) is 4.52 Å². The molecule has 0 atom stereocenters. The van der Waals surface area contributed by atoms with E-state index in [1.807, 2.05) is 0 Å². The maximum atomic E-state index is 13.6. The molecule has 1 aromatic heterocycles. The van der Waals surface area contributed by atoms with Crippen LogP contribution < -0.4 is 0 Å². The first-order valence-corrected chi connectivity index (χ1v) is 6.45. The molecule has 3 aromatic rings. The summed E-state index contributed by atoms with van der Waals surface area (Å²) in [7, 11) is 0. The number of phenols is 1. The van der Waals surface area contributed by atoms with Crippen LogP contribution >= 0.6 is 0 Å². The molecule has 0 fully saturated rings. The number of benzene rings is 2. The highest BCUT2D eigenvalue weighted by Gasteiger charge is 2.12. The van der Waals surface area contributed by atoms with Crippen LogP contribution in [0.5, 0.6) is 5.75 Å². The Morgan fingerprint density at radius 2 is 1.76 bits per heavy atom. The number of rotatable bonds is 2. The van der Waals surface area contributed by atoms with Crippen molar-refractivity contribution in [2.75, 3.05) is 0 Å². The molecule has 4 nitrogen and oxygen atoms in total. The zero-order valence-electron chi connectivity index (χ0n) is 11.6. The minimum atomic E-state index is -0.306. The summed E-state index contributed by atoms with van der Waals surface area (Å²) in [5.74, 6) is 0.558. The van der Waals surface area contributed by atoms with Crippen LogP contribution in [0.4, 0.5) is 4.39 Å². The SMILES string of the molecule is Cc1cc(-c2nc(-c3ccc(C)c(F)c3)no2)ccc1O. The zero-order valence-corrected chi connectivity index (χ0v) is 11.6. The van der Waals surface area contributed by atoms with E-state index in [1.54, 1.807) is 44.2 Å². The van der Waals surface area contributed by atoms with Crippen LogP contribution in [0, 0.1) is 19.7 Å². The smallest absolute Gasteiger partial charge is 0.258 e. The summed E-state index contributed by atoms with van der Waals surface area (Å²) in [5.41, 5.74) is 2.55. The second kappa shape index (κ2) is 5.01. The van der Waals surface area contributed by atoms with Crippen LogP contribution in [0.2, 0.25) is 0 Å². The van der Waals surface area contributed by atoms with E-state index < -0.39 is 0 Å². The first-order chi connectivity index (χ1) is 10.0. The van der Waals surface area contributed by atoms with Gasteiger partial charge in [0.05, 0.1) is 0 Å². The Morgan fingerprint density at radius 1 is 1.00 bits per heavy atom. The average molecular weight is 284 g/mol. The van der Waals surface area contributed by atoms with Crippen molar-refractivity contribution >= 4 is 0 Å². The van der Waals surface area contributed by atoms with E-state index in [0.717, 1.165) is 0 Å².